The summed E-state index contributed by atoms with van der Waals surface area (Å²) >= 11 is 0. The largest absolute Gasteiger partial charge is 0.368 e. The molecule has 1 aromatic carbocycles. The van der Waals surface area contributed by atoms with Crippen LogP contribution in [0.5, 0.6) is 0 Å². The summed E-state index contributed by atoms with van der Waals surface area (Å²) in [7, 11) is 0. The van der Waals surface area contributed by atoms with E-state index in [0.29, 0.717) is 11.8 Å². The lowest BCUT2D eigenvalue weighted by Gasteiger charge is -2.28. The molecule has 0 saturated heterocycles. The van der Waals surface area contributed by atoms with E-state index in [2.05, 4.69) is 18.2 Å². The summed E-state index contributed by atoms with van der Waals surface area (Å²) in [6, 6.07) is 6.70. The lowest BCUT2D eigenvalue weighted by Crippen LogP contribution is -2.46. The van der Waals surface area contributed by atoms with Crippen molar-refractivity contribution in [2.75, 3.05) is 0 Å². The van der Waals surface area contributed by atoms with Crippen LogP contribution in [0.2, 0.25) is 0 Å². The van der Waals surface area contributed by atoms with E-state index in [9.17, 15) is 9.59 Å². The summed E-state index contributed by atoms with van der Waals surface area (Å²) < 4.78 is 0. The maximum Gasteiger partial charge on any atom is 0.237 e. The second-order valence-electron chi connectivity index (χ2n) is 8.67. The van der Waals surface area contributed by atoms with Crippen molar-refractivity contribution in [3.05, 3.63) is 53.1 Å². The van der Waals surface area contributed by atoms with Crippen molar-refractivity contribution >= 4 is 17.4 Å². The third-order valence-corrected chi connectivity index (χ3v) is 7.08. The molecule has 2 saturated carbocycles. The van der Waals surface area contributed by atoms with Crippen LogP contribution in [0.1, 0.15) is 86.3 Å². The van der Waals surface area contributed by atoms with Gasteiger partial charge in [0, 0.05) is 0 Å². The SMILES string of the molecule is NC(=O)C1(C(N)=O)C=CC(c2cccc(C3CCCC3)c2C2CCCC2)=CC1. The van der Waals surface area contributed by atoms with Gasteiger partial charge in [-0.1, -0.05) is 62.1 Å². The van der Waals surface area contributed by atoms with Gasteiger partial charge in [0.05, 0.1) is 0 Å². The average Bonchev–Trinajstić information content (AvgIpc) is 3.41. The van der Waals surface area contributed by atoms with E-state index in [0.717, 1.165) is 5.57 Å². The number of hydrogen-bond acceptors (Lipinski definition) is 2. The number of primary amides is 2. The van der Waals surface area contributed by atoms with Gasteiger partial charge in [0.25, 0.3) is 0 Å². The quantitative estimate of drug-likeness (QED) is 0.748. The number of nitrogens with two attached hydrogens (primary N) is 2. The zero-order chi connectivity index (χ0) is 19.7. The van der Waals surface area contributed by atoms with Gasteiger partial charge in [-0.3, -0.25) is 9.59 Å². The molecule has 4 rings (SSSR count). The Labute approximate surface area is 167 Å². The topological polar surface area (TPSA) is 86.2 Å². The van der Waals surface area contributed by atoms with Gasteiger partial charge in [0.1, 0.15) is 5.41 Å². The fourth-order valence-corrected chi connectivity index (χ4v) is 5.42. The monoisotopic (exact) mass is 378 g/mol. The molecule has 28 heavy (non-hydrogen) atoms. The summed E-state index contributed by atoms with van der Waals surface area (Å²) in [5, 5.41) is 0. The van der Waals surface area contributed by atoms with Crippen molar-refractivity contribution < 1.29 is 9.59 Å². The van der Waals surface area contributed by atoms with Crippen LogP contribution in [0, 0.1) is 5.41 Å². The van der Waals surface area contributed by atoms with Crippen molar-refractivity contribution in [1.29, 1.82) is 0 Å². The minimum atomic E-state index is -1.40. The zero-order valence-corrected chi connectivity index (χ0v) is 16.5. The zero-order valence-electron chi connectivity index (χ0n) is 16.5. The minimum Gasteiger partial charge on any atom is -0.368 e. The van der Waals surface area contributed by atoms with Crippen LogP contribution in [0.4, 0.5) is 0 Å². The maximum atomic E-state index is 11.9. The maximum absolute atomic E-state index is 11.9. The fourth-order valence-electron chi connectivity index (χ4n) is 5.42. The highest BCUT2D eigenvalue weighted by molar-refractivity contribution is 6.07. The molecule has 148 valence electrons. The van der Waals surface area contributed by atoms with Crippen LogP contribution in [-0.4, -0.2) is 11.8 Å². The van der Waals surface area contributed by atoms with Crippen LogP contribution in [0.25, 0.3) is 5.57 Å². The molecule has 4 N–H and O–H groups in total. The Kier molecular flexibility index (Phi) is 5.13. The van der Waals surface area contributed by atoms with Crippen molar-refractivity contribution in [2.24, 2.45) is 16.9 Å². The smallest absolute Gasteiger partial charge is 0.237 e. The minimum absolute atomic E-state index is 0.237. The molecule has 2 amide bonds. The number of rotatable bonds is 5. The van der Waals surface area contributed by atoms with Crippen LogP contribution in [-0.2, 0) is 9.59 Å². The molecule has 1 aromatic rings. The van der Waals surface area contributed by atoms with Gasteiger partial charge in [-0.2, -0.15) is 0 Å². The van der Waals surface area contributed by atoms with Crippen LogP contribution in [0.3, 0.4) is 0 Å². The van der Waals surface area contributed by atoms with Gasteiger partial charge in [-0.05, 0) is 66.2 Å². The standard InChI is InChI=1S/C24H30N2O2/c25-22(27)24(23(26)28)14-12-17(13-15-24)20-11-5-10-19(16-6-1-2-7-16)21(20)18-8-3-4-9-18/h5,10-14,16,18H,1-4,6-9,15H2,(H2,25,27)(H2,26,28). The van der Waals surface area contributed by atoms with E-state index in [1.54, 1.807) is 6.08 Å². The first kappa shape index (κ1) is 19.0. The first-order valence-electron chi connectivity index (χ1n) is 10.7. The third kappa shape index (κ3) is 3.19. The van der Waals surface area contributed by atoms with Crippen molar-refractivity contribution in [3.8, 4) is 0 Å². The predicted octanol–water partition coefficient (Wildman–Crippen LogP) is 4.30. The Balaban J connectivity index is 1.75. The average molecular weight is 379 g/mol. The number of amides is 2. The Morgan fingerprint density at radius 3 is 2.04 bits per heavy atom. The van der Waals surface area contributed by atoms with Crippen molar-refractivity contribution in [1.82, 2.24) is 0 Å². The lowest BCUT2D eigenvalue weighted by molar-refractivity contribution is -0.136. The van der Waals surface area contributed by atoms with E-state index in [4.69, 9.17) is 11.5 Å². The Morgan fingerprint density at radius 1 is 0.893 bits per heavy atom. The summed E-state index contributed by atoms with van der Waals surface area (Å²) in [4.78, 5) is 23.8. The molecule has 0 bridgehead atoms. The lowest BCUT2D eigenvalue weighted by atomic mass is 9.75. The van der Waals surface area contributed by atoms with Crippen molar-refractivity contribution in [2.45, 2.75) is 69.6 Å². The molecule has 0 aromatic heterocycles. The van der Waals surface area contributed by atoms with Crippen LogP contribution >= 0.6 is 0 Å². The van der Waals surface area contributed by atoms with Gasteiger partial charge < -0.3 is 11.5 Å². The highest BCUT2D eigenvalue weighted by Gasteiger charge is 2.41. The van der Waals surface area contributed by atoms with Gasteiger partial charge in [-0.25, -0.2) is 0 Å². The summed E-state index contributed by atoms with van der Waals surface area (Å²) in [6.45, 7) is 0. The molecule has 4 heteroatoms. The molecule has 0 heterocycles. The number of allylic oxidation sites excluding steroid dienone is 3. The predicted molar refractivity (Wildman–Crippen MR) is 111 cm³/mol. The molecule has 0 spiro atoms. The molecular weight excluding hydrogens is 348 g/mol. The highest BCUT2D eigenvalue weighted by Crippen LogP contribution is 2.46. The summed E-state index contributed by atoms with van der Waals surface area (Å²) in [6.07, 6.45) is 16.0. The highest BCUT2D eigenvalue weighted by atomic mass is 16.2. The second-order valence-corrected chi connectivity index (χ2v) is 8.67. The molecule has 2 fully saturated rings. The Hall–Kier alpha value is -2.36. The summed E-state index contributed by atoms with van der Waals surface area (Å²) in [5.41, 5.74) is 15.0. The first-order valence-corrected chi connectivity index (χ1v) is 10.7. The van der Waals surface area contributed by atoms with E-state index >= 15 is 0 Å². The van der Waals surface area contributed by atoms with Gasteiger partial charge in [-0.15, -0.1) is 0 Å². The van der Waals surface area contributed by atoms with E-state index < -0.39 is 17.2 Å². The Bertz CT molecular complexity index is 826. The van der Waals surface area contributed by atoms with E-state index in [1.807, 2.05) is 12.2 Å². The fraction of sp³-hybridized carbons (Fsp3) is 0.500. The van der Waals surface area contributed by atoms with Gasteiger partial charge >= 0.3 is 0 Å². The molecule has 3 aliphatic carbocycles. The number of carbonyl (C=O) groups excluding carboxylic acids is 2. The van der Waals surface area contributed by atoms with Crippen molar-refractivity contribution in [3.63, 3.8) is 0 Å². The summed E-state index contributed by atoms with van der Waals surface area (Å²) in [5.74, 6) is -0.0799. The molecular formula is C24H30N2O2. The molecule has 0 atom stereocenters. The first-order chi connectivity index (χ1) is 13.5. The molecule has 0 unspecified atom stereocenters. The second kappa shape index (κ2) is 7.57. The molecule has 0 aliphatic heterocycles. The van der Waals surface area contributed by atoms with E-state index in [-0.39, 0.29) is 6.42 Å². The Morgan fingerprint density at radius 2 is 1.50 bits per heavy atom. The molecule has 4 nitrogen and oxygen atoms in total. The van der Waals surface area contributed by atoms with Gasteiger partial charge in [0.2, 0.25) is 11.8 Å². The molecule has 3 aliphatic rings. The van der Waals surface area contributed by atoms with Crippen LogP contribution < -0.4 is 11.5 Å². The number of benzene rings is 1. The third-order valence-electron chi connectivity index (χ3n) is 7.08. The van der Waals surface area contributed by atoms with E-state index in [1.165, 1.54) is 68.1 Å². The number of carbonyl (C=O) groups is 2. The van der Waals surface area contributed by atoms with Crippen LogP contribution in [0.15, 0.2) is 36.4 Å². The number of hydrogen-bond donors (Lipinski definition) is 2. The van der Waals surface area contributed by atoms with Gasteiger partial charge in [0.15, 0.2) is 0 Å². The molecule has 0 radical (unpaired) electrons. The normalized spacial score (nSPS) is 22.4.